The lowest BCUT2D eigenvalue weighted by atomic mass is 10.1. The molecule has 0 fully saturated rings. The van der Waals surface area contributed by atoms with Crippen LogP contribution in [0.1, 0.15) is 90.9 Å². The first kappa shape index (κ1) is 25.9. The molecule has 2 rings (SSSR count). The van der Waals surface area contributed by atoms with Crippen LogP contribution >= 0.6 is 7.82 Å². The first-order valence-corrected chi connectivity index (χ1v) is 13.7. The van der Waals surface area contributed by atoms with Crippen LogP contribution < -0.4 is 4.52 Å². The second kappa shape index (κ2) is 15.5. The third-order valence-corrected chi connectivity index (χ3v) is 6.86. The Morgan fingerprint density at radius 1 is 0.645 bits per heavy atom. The molecule has 0 unspecified atom stereocenters. The molecule has 0 aromatic heterocycles. The molecular formula is C26H41O4P. The normalized spacial score (nSPS) is 11.8. The maximum Gasteiger partial charge on any atom is 0.530 e. The van der Waals surface area contributed by atoms with Crippen molar-refractivity contribution in [1.29, 1.82) is 0 Å². The SMILES string of the molecule is CCCCCCCCOP(=O)(OCCCCCCCC)Oc1ccc2ccccc2c1. The van der Waals surface area contributed by atoms with Gasteiger partial charge in [0.05, 0.1) is 13.2 Å². The van der Waals surface area contributed by atoms with Crippen LogP contribution in [0.5, 0.6) is 5.75 Å². The highest BCUT2D eigenvalue weighted by atomic mass is 31.2. The van der Waals surface area contributed by atoms with E-state index in [1.54, 1.807) is 0 Å². The first-order valence-electron chi connectivity index (χ1n) is 12.2. The highest BCUT2D eigenvalue weighted by Crippen LogP contribution is 2.50. The van der Waals surface area contributed by atoms with Crippen molar-refractivity contribution >= 4 is 18.6 Å². The molecule has 0 amide bonds. The first-order chi connectivity index (χ1) is 15.2. The number of hydrogen-bond acceptors (Lipinski definition) is 4. The fraction of sp³-hybridized carbons (Fsp3) is 0.615. The topological polar surface area (TPSA) is 44.8 Å². The molecule has 0 N–H and O–H groups in total. The lowest BCUT2D eigenvalue weighted by Gasteiger charge is -2.19. The molecule has 2 aromatic carbocycles. The summed E-state index contributed by atoms with van der Waals surface area (Å²) in [4.78, 5) is 0. The van der Waals surface area contributed by atoms with E-state index < -0.39 is 7.82 Å². The standard InChI is InChI=1S/C26H41O4P/c1-3-5-7-9-11-15-21-28-31(27,29-22-16-12-10-8-6-4-2)30-26-20-19-24-17-13-14-18-25(24)23-26/h13-14,17-20,23H,3-12,15-16,21-22H2,1-2H3. The van der Waals surface area contributed by atoms with Crippen LogP contribution in [0, 0.1) is 0 Å². The zero-order chi connectivity index (χ0) is 22.2. The average Bonchev–Trinajstić information content (AvgIpc) is 2.78. The van der Waals surface area contributed by atoms with Crippen molar-refractivity contribution in [3.63, 3.8) is 0 Å². The van der Waals surface area contributed by atoms with E-state index >= 15 is 0 Å². The van der Waals surface area contributed by atoms with E-state index in [2.05, 4.69) is 13.8 Å². The van der Waals surface area contributed by atoms with Crippen molar-refractivity contribution in [2.24, 2.45) is 0 Å². The molecule has 0 radical (unpaired) electrons. The van der Waals surface area contributed by atoms with Gasteiger partial charge in [0.25, 0.3) is 0 Å². The Morgan fingerprint density at radius 3 is 1.74 bits per heavy atom. The Bertz CT molecular complexity index is 755. The predicted octanol–water partition coefficient (Wildman–Crippen LogP) is 9.08. The maximum atomic E-state index is 13.3. The van der Waals surface area contributed by atoms with Gasteiger partial charge >= 0.3 is 7.82 Å². The summed E-state index contributed by atoms with van der Waals surface area (Å²) in [6.07, 6.45) is 13.8. The van der Waals surface area contributed by atoms with Crippen molar-refractivity contribution < 1.29 is 18.1 Å². The van der Waals surface area contributed by atoms with Crippen LogP contribution in [-0.2, 0) is 13.6 Å². The minimum Gasteiger partial charge on any atom is -0.404 e. The molecule has 31 heavy (non-hydrogen) atoms. The summed E-state index contributed by atoms with van der Waals surface area (Å²) in [7, 11) is -3.64. The predicted molar refractivity (Wildman–Crippen MR) is 131 cm³/mol. The summed E-state index contributed by atoms with van der Waals surface area (Å²) in [5, 5.41) is 2.16. The van der Waals surface area contributed by atoms with Gasteiger partial charge < -0.3 is 4.52 Å². The van der Waals surface area contributed by atoms with Gasteiger partial charge in [-0.3, -0.25) is 9.05 Å². The number of fused-ring (bicyclic) bond motifs is 1. The highest BCUT2D eigenvalue weighted by Gasteiger charge is 2.28. The summed E-state index contributed by atoms with van der Waals surface area (Å²) < 4.78 is 30.6. The van der Waals surface area contributed by atoms with Gasteiger partial charge in [0.15, 0.2) is 0 Å². The van der Waals surface area contributed by atoms with Crippen LogP contribution in [0.25, 0.3) is 10.8 Å². The van der Waals surface area contributed by atoms with Gasteiger partial charge in [-0.05, 0) is 35.7 Å². The van der Waals surface area contributed by atoms with E-state index in [-0.39, 0.29) is 0 Å². The molecule has 4 nitrogen and oxygen atoms in total. The summed E-state index contributed by atoms with van der Waals surface area (Å²) in [6, 6.07) is 13.7. The van der Waals surface area contributed by atoms with E-state index in [0.29, 0.717) is 19.0 Å². The Balaban J connectivity index is 1.87. The van der Waals surface area contributed by atoms with Crippen LogP contribution in [0.4, 0.5) is 0 Å². The molecule has 174 valence electrons. The van der Waals surface area contributed by atoms with Crippen LogP contribution in [0.15, 0.2) is 42.5 Å². The zero-order valence-corrected chi connectivity index (χ0v) is 20.4. The van der Waals surface area contributed by atoms with Crippen LogP contribution in [-0.4, -0.2) is 13.2 Å². The van der Waals surface area contributed by atoms with Crippen molar-refractivity contribution in [2.75, 3.05) is 13.2 Å². The van der Waals surface area contributed by atoms with Crippen molar-refractivity contribution in [1.82, 2.24) is 0 Å². The third kappa shape index (κ3) is 10.7. The molecule has 0 saturated heterocycles. The van der Waals surface area contributed by atoms with Crippen molar-refractivity contribution in [3.05, 3.63) is 42.5 Å². The molecule has 0 aliphatic heterocycles. The van der Waals surface area contributed by atoms with Gasteiger partial charge in [-0.1, -0.05) is 108 Å². The van der Waals surface area contributed by atoms with E-state index in [9.17, 15) is 4.57 Å². The number of hydrogen-bond donors (Lipinski definition) is 0. The molecule has 0 aliphatic rings. The number of phosphoric ester groups is 1. The second-order valence-corrected chi connectivity index (χ2v) is 9.84. The van der Waals surface area contributed by atoms with Gasteiger partial charge in [0.1, 0.15) is 5.75 Å². The van der Waals surface area contributed by atoms with Gasteiger partial charge in [0.2, 0.25) is 0 Å². The third-order valence-electron chi connectivity index (χ3n) is 5.43. The van der Waals surface area contributed by atoms with Gasteiger partial charge in [-0.25, -0.2) is 4.57 Å². The molecule has 0 spiro atoms. The largest absolute Gasteiger partial charge is 0.530 e. The molecule has 0 bridgehead atoms. The monoisotopic (exact) mass is 448 g/mol. The fourth-order valence-electron chi connectivity index (χ4n) is 3.56. The fourth-order valence-corrected chi connectivity index (χ4v) is 4.82. The Hall–Kier alpha value is -1.35. The molecule has 2 aromatic rings. The number of rotatable bonds is 18. The smallest absolute Gasteiger partial charge is 0.404 e. The van der Waals surface area contributed by atoms with Crippen LogP contribution in [0.3, 0.4) is 0 Å². The zero-order valence-electron chi connectivity index (χ0n) is 19.5. The number of unbranched alkanes of at least 4 members (excludes halogenated alkanes) is 10. The lowest BCUT2D eigenvalue weighted by molar-refractivity contribution is 0.151. The molecule has 5 heteroatoms. The second-order valence-electron chi connectivity index (χ2n) is 8.25. The Kier molecular flexibility index (Phi) is 12.9. The number of benzene rings is 2. The van der Waals surface area contributed by atoms with E-state index in [1.807, 2.05) is 42.5 Å². The summed E-state index contributed by atoms with van der Waals surface area (Å²) in [5.74, 6) is 0.521. The van der Waals surface area contributed by atoms with E-state index in [0.717, 1.165) is 36.5 Å². The van der Waals surface area contributed by atoms with Gasteiger partial charge in [-0.2, -0.15) is 0 Å². The molecular weight excluding hydrogens is 407 g/mol. The van der Waals surface area contributed by atoms with Crippen molar-refractivity contribution in [2.45, 2.75) is 90.9 Å². The van der Waals surface area contributed by atoms with Crippen LogP contribution in [0.2, 0.25) is 0 Å². The summed E-state index contributed by atoms with van der Waals surface area (Å²) in [6.45, 7) is 5.22. The maximum absolute atomic E-state index is 13.3. The molecule has 0 heterocycles. The minimum absolute atomic E-state index is 0.396. The lowest BCUT2D eigenvalue weighted by Crippen LogP contribution is -2.05. The highest BCUT2D eigenvalue weighted by molar-refractivity contribution is 7.48. The molecule has 0 aliphatic carbocycles. The van der Waals surface area contributed by atoms with Gasteiger partial charge in [-0.15, -0.1) is 0 Å². The van der Waals surface area contributed by atoms with E-state index in [1.165, 1.54) is 51.4 Å². The minimum atomic E-state index is -3.64. The molecule has 0 saturated carbocycles. The quantitative estimate of drug-likeness (QED) is 0.168. The number of phosphoric acid groups is 1. The van der Waals surface area contributed by atoms with Crippen molar-refractivity contribution in [3.8, 4) is 5.75 Å². The summed E-state index contributed by atoms with van der Waals surface area (Å²) in [5.41, 5.74) is 0. The Morgan fingerprint density at radius 2 is 1.16 bits per heavy atom. The Labute approximate surface area is 189 Å². The van der Waals surface area contributed by atoms with E-state index in [4.69, 9.17) is 13.6 Å². The average molecular weight is 449 g/mol. The van der Waals surface area contributed by atoms with Gasteiger partial charge in [0, 0.05) is 0 Å². The summed E-state index contributed by atoms with van der Waals surface area (Å²) >= 11 is 0. The molecule has 0 atom stereocenters.